The summed E-state index contributed by atoms with van der Waals surface area (Å²) in [7, 11) is 0. The van der Waals surface area contributed by atoms with Crippen LogP contribution in [0.5, 0.6) is 5.75 Å². The van der Waals surface area contributed by atoms with E-state index in [0.717, 1.165) is 11.1 Å². The molecule has 1 N–H and O–H groups in total. The highest BCUT2D eigenvalue weighted by molar-refractivity contribution is 5.79. The van der Waals surface area contributed by atoms with Gasteiger partial charge in [0.2, 0.25) is 0 Å². The van der Waals surface area contributed by atoms with Crippen LogP contribution in [0.4, 0.5) is 0 Å². The van der Waals surface area contributed by atoms with Crippen LogP contribution in [0.15, 0.2) is 18.2 Å². The summed E-state index contributed by atoms with van der Waals surface area (Å²) in [4.78, 5) is 12.1. The molecule has 0 aromatic heterocycles. The normalized spacial score (nSPS) is 12.2. The first-order valence-electron chi connectivity index (χ1n) is 6.68. The number of rotatable bonds is 4. The largest absolute Gasteiger partial charge is 0.476 e. The van der Waals surface area contributed by atoms with Gasteiger partial charge >= 0.3 is 5.97 Å². The van der Waals surface area contributed by atoms with Crippen LogP contribution >= 0.6 is 0 Å². The lowest BCUT2D eigenvalue weighted by Crippen LogP contribution is -2.43. The van der Waals surface area contributed by atoms with Gasteiger partial charge in [-0.2, -0.15) is 0 Å². The minimum absolute atomic E-state index is 0.0173. The number of aliphatic hydroxyl groups is 1. The molecule has 1 rings (SSSR count). The number of aryl methyl sites for hydroxylation is 1. The highest BCUT2D eigenvalue weighted by Crippen LogP contribution is 2.26. The first-order chi connectivity index (χ1) is 9.05. The fourth-order valence-corrected chi connectivity index (χ4v) is 1.64. The van der Waals surface area contributed by atoms with Gasteiger partial charge in [-0.05, 0) is 58.7 Å². The predicted molar refractivity (Wildman–Crippen MR) is 77.7 cm³/mol. The van der Waals surface area contributed by atoms with E-state index in [4.69, 9.17) is 14.6 Å². The van der Waals surface area contributed by atoms with Crippen molar-refractivity contribution in [2.75, 3.05) is 0 Å². The van der Waals surface area contributed by atoms with E-state index in [1.54, 1.807) is 26.0 Å². The van der Waals surface area contributed by atoms with Crippen molar-refractivity contribution >= 4 is 5.97 Å². The molecular formula is C16H24O4. The molecule has 0 saturated carbocycles. The first-order valence-corrected chi connectivity index (χ1v) is 6.68. The van der Waals surface area contributed by atoms with Gasteiger partial charge in [0.25, 0.3) is 0 Å². The van der Waals surface area contributed by atoms with Crippen LogP contribution in [0.25, 0.3) is 0 Å². The van der Waals surface area contributed by atoms with Crippen LogP contribution in [0.2, 0.25) is 0 Å². The summed E-state index contributed by atoms with van der Waals surface area (Å²) in [5.74, 6) is 0.202. The van der Waals surface area contributed by atoms with E-state index < -0.39 is 17.2 Å². The average Bonchev–Trinajstić information content (AvgIpc) is 2.29. The fourth-order valence-electron chi connectivity index (χ4n) is 1.64. The molecule has 0 spiro atoms. The Kier molecular flexibility index (Phi) is 4.81. The Labute approximate surface area is 120 Å². The fraction of sp³-hybridized carbons (Fsp3) is 0.562. The molecule has 0 saturated heterocycles. The molecule has 0 heterocycles. The van der Waals surface area contributed by atoms with Crippen LogP contribution < -0.4 is 4.74 Å². The van der Waals surface area contributed by atoms with Crippen molar-refractivity contribution in [1.82, 2.24) is 0 Å². The van der Waals surface area contributed by atoms with E-state index in [-0.39, 0.29) is 6.61 Å². The molecule has 4 nitrogen and oxygen atoms in total. The molecule has 0 aliphatic heterocycles. The molecular weight excluding hydrogens is 256 g/mol. The summed E-state index contributed by atoms with van der Waals surface area (Å²) in [6.45, 7) is 10.7. The molecule has 0 radical (unpaired) electrons. The topological polar surface area (TPSA) is 55.8 Å². The van der Waals surface area contributed by atoms with Gasteiger partial charge < -0.3 is 14.6 Å². The molecule has 0 bridgehead atoms. The minimum Gasteiger partial charge on any atom is -0.476 e. The van der Waals surface area contributed by atoms with Crippen molar-refractivity contribution in [3.63, 3.8) is 0 Å². The summed E-state index contributed by atoms with van der Waals surface area (Å²) in [5, 5.41) is 9.09. The summed E-state index contributed by atoms with van der Waals surface area (Å²) in [6, 6.07) is 5.36. The van der Waals surface area contributed by atoms with Crippen LogP contribution in [0.3, 0.4) is 0 Å². The minimum atomic E-state index is -1.07. The second-order valence-corrected chi connectivity index (χ2v) is 6.37. The maximum absolute atomic E-state index is 12.1. The van der Waals surface area contributed by atoms with Gasteiger partial charge in [-0.15, -0.1) is 0 Å². The number of ether oxygens (including phenoxy) is 2. The van der Waals surface area contributed by atoms with Gasteiger partial charge in [0.1, 0.15) is 11.4 Å². The van der Waals surface area contributed by atoms with Gasteiger partial charge in [0, 0.05) is 0 Å². The lowest BCUT2D eigenvalue weighted by atomic mass is 10.1. The van der Waals surface area contributed by atoms with Crippen molar-refractivity contribution in [3.05, 3.63) is 29.3 Å². The number of hydrogen-bond acceptors (Lipinski definition) is 4. The van der Waals surface area contributed by atoms with Crippen molar-refractivity contribution in [1.29, 1.82) is 0 Å². The summed E-state index contributed by atoms with van der Waals surface area (Å²) in [5.41, 5.74) is 0.0600. The predicted octanol–water partition coefficient (Wildman–Crippen LogP) is 2.99. The first kappa shape index (κ1) is 16.5. The van der Waals surface area contributed by atoms with Gasteiger partial charge in [0.15, 0.2) is 5.60 Å². The summed E-state index contributed by atoms with van der Waals surface area (Å²) < 4.78 is 11.1. The molecule has 112 valence electrons. The number of carbonyl (C=O) groups excluding carboxylic acids is 1. The van der Waals surface area contributed by atoms with Gasteiger partial charge in [-0.1, -0.05) is 12.1 Å². The van der Waals surface area contributed by atoms with Gasteiger partial charge in [0.05, 0.1) is 6.61 Å². The third kappa shape index (κ3) is 4.53. The quantitative estimate of drug-likeness (QED) is 0.861. The molecule has 0 unspecified atom stereocenters. The Bertz CT molecular complexity index is 484. The van der Waals surface area contributed by atoms with Crippen LogP contribution in [-0.2, 0) is 16.1 Å². The van der Waals surface area contributed by atoms with Crippen LogP contribution in [-0.4, -0.2) is 22.3 Å². The van der Waals surface area contributed by atoms with E-state index in [1.807, 2.05) is 33.8 Å². The smallest absolute Gasteiger partial charge is 0.350 e. The third-order valence-electron chi connectivity index (χ3n) is 2.68. The SMILES string of the molecule is Cc1cc(CO)ccc1OC(C)(C)C(=O)OC(C)(C)C. The van der Waals surface area contributed by atoms with Crippen molar-refractivity contribution in [2.45, 2.75) is 59.4 Å². The highest BCUT2D eigenvalue weighted by atomic mass is 16.6. The maximum atomic E-state index is 12.1. The number of esters is 1. The molecule has 0 aliphatic rings. The van der Waals surface area contributed by atoms with Crippen molar-refractivity contribution < 1.29 is 19.4 Å². The van der Waals surface area contributed by atoms with E-state index in [0.29, 0.717) is 5.75 Å². The molecule has 1 aromatic carbocycles. The molecule has 0 fully saturated rings. The number of aliphatic hydroxyl groups excluding tert-OH is 1. The maximum Gasteiger partial charge on any atom is 0.350 e. The third-order valence-corrected chi connectivity index (χ3v) is 2.68. The highest BCUT2D eigenvalue weighted by Gasteiger charge is 2.35. The van der Waals surface area contributed by atoms with E-state index in [1.165, 1.54) is 0 Å². The monoisotopic (exact) mass is 280 g/mol. The van der Waals surface area contributed by atoms with Crippen LogP contribution in [0, 0.1) is 6.92 Å². The molecule has 0 aliphatic carbocycles. The number of benzene rings is 1. The van der Waals surface area contributed by atoms with Crippen molar-refractivity contribution in [3.8, 4) is 5.75 Å². The Morgan fingerprint density at radius 1 is 1.20 bits per heavy atom. The van der Waals surface area contributed by atoms with E-state index in [2.05, 4.69) is 0 Å². The Morgan fingerprint density at radius 3 is 2.25 bits per heavy atom. The lowest BCUT2D eigenvalue weighted by Gasteiger charge is -2.29. The molecule has 4 heteroatoms. The second kappa shape index (κ2) is 5.83. The summed E-state index contributed by atoms with van der Waals surface area (Å²) >= 11 is 0. The number of carbonyl (C=O) groups is 1. The average molecular weight is 280 g/mol. The molecule has 0 atom stereocenters. The van der Waals surface area contributed by atoms with Crippen molar-refractivity contribution in [2.24, 2.45) is 0 Å². The number of hydrogen-bond donors (Lipinski definition) is 1. The molecule has 1 aromatic rings. The Hall–Kier alpha value is -1.55. The van der Waals surface area contributed by atoms with Gasteiger partial charge in [-0.3, -0.25) is 0 Å². The standard InChI is InChI=1S/C16H24O4/c1-11-9-12(10-17)7-8-13(11)19-16(5,6)14(18)20-15(2,3)4/h7-9,17H,10H2,1-6H3. The van der Waals surface area contributed by atoms with Crippen LogP contribution in [0.1, 0.15) is 45.7 Å². The zero-order chi connectivity index (χ0) is 15.6. The molecule has 20 heavy (non-hydrogen) atoms. The molecule has 0 amide bonds. The lowest BCUT2D eigenvalue weighted by molar-refractivity contribution is -0.170. The van der Waals surface area contributed by atoms with Gasteiger partial charge in [-0.25, -0.2) is 4.79 Å². The Morgan fingerprint density at radius 2 is 1.80 bits per heavy atom. The zero-order valence-electron chi connectivity index (χ0n) is 13.1. The summed E-state index contributed by atoms with van der Waals surface area (Å²) in [6.07, 6.45) is 0. The van der Waals surface area contributed by atoms with E-state index in [9.17, 15) is 4.79 Å². The second-order valence-electron chi connectivity index (χ2n) is 6.37. The zero-order valence-corrected chi connectivity index (χ0v) is 13.1. The Balaban J connectivity index is 2.88. The van der Waals surface area contributed by atoms with E-state index >= 15 is 0 Å².